The third kappa shape index (κ3) is 3.80. The fourth-order valence-corrected chi connectivity index (χ4v) is 3.52. The Morgan fingerprint density at radius 3 is 3.06 bits per heavy atom. The van der Waals surface area contributed by atoms with Crippen LogP contribution < -0.4 is 10.1 Å². The lowest BCUT2D eigenvalue weighted by atomic mass is 10.2. The van der Waals surface area contributed by atoms with E-state index in [9.17, 15) is 0 Å². The maximum atomic E-state index is 6.08. The average molecular weight is 272 g/mol. The molecule has 1 aromatic rings. The van der Waals surface area contributed by atoms with Gasteiger partial charge in [0.2, 0.25) is 0 Å². The smallest absolute Gasteiger partial charge is 0.137 e. The van der Waals surface area contributed by atoms with Gasteiger partial charge in [-0.25, -0.2) is 0 Å². The van der Waals surface area contributed by atoms with Gasteiger partial charge in [0.25, 0.3) is 0 Å². The lowest BCUT2D eigenvalue weighted by Crippen LogP contribution is -2.22. The highest BCUT2D eigenvalue weighted by Gasteiger charge is 2.14. The number of halogens is 1. The minimum Gasteiger partial charge on any atom is -0.495 e. The van der Waals surface area contributed by atoms with Crippen molar-refractivity contribution in [3.63, 3.8) is 0 Å². The molecule has 0 amide bonds. The first-order chi connectivity index (χ1) is 8.29. The van der Waals surface area contributed by atoms with Crippen molar-refractivity contribution in [1.82, 2.24) is 5.32 Å². The van der Waals surface area contributed by atoms with Crippen LogP contribution in [0, 0.1) is 0 Å². The van der Waals surface area contributed by atoms with E-state index >= 15 is 0 Å². The number of ether oxygens (including phenoxy) is 1. The van der Waals surface area contributed by atoms with Crippen molar-refractivity contribution in [1.29, 1.82) is 0 Å². The van der Waals surface area contributed by atoms with E-state index in [0.29, 0.717) is 5.02 Å². The summed E-state index contributed by atoms with van der Waals surface area (Å²) >= 11 is 8.16. The third-order valence-corrected chi connectivity index (χ3v) is 4.63. The summed E-state index contributed by atoms with van der Waals surface area (Å²) in [5, 5.41) is 4.97. The summed E-state index contributed by atoms with van der Waals surface area (Å²) in [4.78, 5) is 0. The summed E-state index contributed by atoms with van der Waals surface area (Å²) in [6, 6.07) is 5.94. The van der Waals surface area contributed by atoms with Crippen molar-refractivity contribution in [3.8, 4) is 5.75 Å². The van der Waals surface area contributed by atoms with Crippen LogP contribution >= 0.6 is 23.4 Å². The molecule has 0 aromatic heterocycles. The van der Waals surface area contributed by atoms with Crippen LogP contribution in [0.1, 0.15) is 18.4 Å². The van der Waals surface area contributed by atoms with Crippen molar-refractivity contribution in [2.45, 2.75) is 24.6 Å². The highest BCUT2D eigenvalue weighted by Crippen LogP contribution is 2.26. The minimum absolute atomic E-state index is 0.682. The molecule has 1 unspecified atom stereocenters. The summed E-state index contributed by atoms with van der Waals surface area (Å²) in [6.07, 6.45) is 2.71. The van der Waals surface area contributed by atoms with E-state index in [1.165, 1.54) is 24.2 Å². The molecule has 94 valence electrons. The van der Waals surface area contributed by atoms with Gasteiger partial charge in [0.15, 0.2) is 0 Å². The highest BCUT2D eigenvalue weighted by atomic mass is 35.5. The number of hydrogen-bond acceptors (Lipinski definition) is 3. The Balaban J connectivity index is 1.80. The van der Waals surface area contributed by atoms with Crippen LogP contribution in [0.15, 0.2) is 18.2 Å². The van der Waals surface area contributed by atoms with E-state index in [2.05, 4.69) is 23.1 Å². The Hall–Kier alpha value is -0.380. The minimum atomic E-state index is 0.682. The van der Waals surface area contributed by atoms with Gasteiger partial charge in [-0.1, -0.05) is 17.7 Å². The van der Waals surface area contributed by atoms with E-state index in [1.807, 2.05) is 12.1 Å². The van der Waals surface area contributed by atoms with Crippen molar-refractivity contribution in [3.05, 3.63) is 28.8 Å². The Kier molecular flexibility index (Phi) is 5.01. The lowest BCUT2D eigenvalue weighted by Gasteiger charge is -2.11. The van der Waals surface area contributed by atoms with E-state index in [4.69, 9.17) is 16.3 Å². The van der Waals surface area contributed by atoms with Gasteiger partial charge in [-0.3, -0.25) is 0 Å². The molecule has 0 radical (unpaired) electrons. The molecule has 17 heavy (non-hydrogen) atoms. The van der Waals surface area contributed by atoms with Gasteiger partial charge in [-0.2, -0.15) is 11.8 Å². The predicted molar refractivity (Wildman–Crippen MR) is 75.2 cm³/mol. The van der Waals surface area contributed by atoms with Gasteiger partial charge in [0.05, 0.1) is 12.1 Å². The molecule has 0 bridgehead atoms. The van der Waals surface area contributed by atoms with Crippen LogP contribution in [0.2, 0.25) is 5.02 Å². The first kappa shape index (κ1) is 13.1. The molecule has 1 aliphatic rings. The summed E-state index contributed by atoms with van der Waals surface area (Å²) in [5.41, 5.74) is 1.21. The zero-order valence-corrected chi connectivity index (χ0v) is 11.6. The molecule has 1 saturated heterocycles. The van der Waals surface area contributed by atoms with Gasteiger partial charge in [0, 0.05) is 18.3 Å². The molecule has 1 atom stereocenters. The van der Waals surface area contributed by atoms with Crippen LogP contribution in [0.4, 0.5) is 0 Å². The lowest BCUT2D eigenvalue weighted by molar-refractivity contribution is 0.415. The number of methoxy groups -OCH3 is 1. The molecule has 0 saturated carbocycles. The Morgan fingerprint density at radius 1 is 1.53 bits per heavy atom. The van der Waals surface area contributed by atoms with Crippen LogP contribution in [0.3, 0.4) is 0 Å². The maximum Gasteiger partial charge on any atom is 0.137 e. The average Bonchev–Trinajstić information content (AvgIpc) is 2.82. The Morgan fingerprint density at radius 2 is 2.41 bits per heavy atom. The Labute approximate surface area is 112 Å². The monoisotopic (exact) mass is 271 g/mol. The first-order valence-corrected chi connectivity index (χ1v) is 7.37. The molecule has 4 heteroatoms. The number of thioether (sulfide) groups is 1. The standard InChI is InChI=1S/C13H18ClNOS/c1-16-13-5-4-10(7-12(13)14)8-15-9-11-3-2-6-17-11/h4-5,7,11,15H,2-3,6,8-9H2,1H3. The van der Waals surface area contributed by atoms with Crippen LogP contribution in [0.25, 0.3) is 0 Å². The van der Waals surface area contributed by atoms with Crippen molar-refractivity contribution in [2.75, 3.05) is 19.4 Å². The van der Waals surface area contributed by atoms with Gasteiger partial charge < -0.3 is 10.1 Å². The topological polar surface area (TPSA) is 21.3 Å². The number of rotatable bonds is 5. The van der Waals surface area contributed by atoms with E-state index in [0.717, 1.165) is 24.1 Å². The quantitative estimate of drug-likeness (QED) is 0.888. The normalized spacial score (nSPS) is 19.5. The van der Waals surface area contributed by atoms with E-state index in [-0.39, 0.29) is 0 Å². The fraction of sp³-hybridized carbons (Fsp3) is 0.538. The van der Waals surface area contributed by atoms with Crippen molar-refractivity contribution in [2.24, 2.45) is 0 Å². The summed E-state index contributed by atoms with van der Waals surface area (Å²) in [7, 11) is 1.64. The molecule has 2 rings (SSSR count). The maximum absolute atomic E-state index is 6.08. The van der Waals surface area contributed by atoms with Crippen LogP contribution in [-0.2, 0) is 6.54 Å². The number of benzene rings is 1. The second-order valence-electron chi connectivity index (χ2n) is 4.23. The van der Waals surface area contributed by atoms with Gasteiger partial charge in [-0.05, 0) is 36.3 Å². The first-order valence-electron chi connectivity index (χ1n) is 5.94. The van der Waals surface area contributed by atoms with Crippen LogP contribution in [-0.4, -0.2) is 24.7 Å². The van der Waals surface area contributed by atoms with Crippen molar-refractivity contribution >= 4 is 23.4 Å². The Bertz CT molecular complexity index is 366. The van der Waals surface area contributed by atoms with Gasteiger partial charge >= 0.3 is 0 Å². The fourth-order valence-electron chi connectivity index (χ4n) is 2.00. The highest BCUT2D eigenvalue weighted by molar-refractivity contribution is 8.00. The zero-order valence-electron chi connectivity index (χ0n) is 10.0. The van der Waals surface area contributed by atoms with E-state index in [1.54, 1.807) is 7.11 Å². The van der Waals surface area contributed by atoms with Crippen molar-refractivity contribution < 1.29 is 4.74 Å². The molecule has 1 aromatic carbocycles. The molecule has 0 spiro atoms. The SMILES string of the molecule is COc1ccc(CNCC2CCCS2)cc1Cl. The van der Waals surface area contributed by atoms with E-state index < -0.39 is 0 Å². The van der Waals surface area contributed by atoms with Gasteiger partial charge in [-0.15, -0.1) is 0 Å². The molecule has 1 heterocycles. The molecule has 1 N–H and O–H groups in total. The zero-order chi connectivity index (χ0) is 12.1. The molecular weight excluding hydrogens is 254 g/mol. The van der Waals surface area contributed by atoms with Crippen LogP contribution in [0.5, 0.6) is 5.75 Å². The number of hydrogen-bond donors (Lipinski definition) is 1. The molecular formula is C13H18ClNOS. The second kappa shape index (κ2) is 6.53. The molecule has 1 fully saturated rings. The predicted octanol–water partition coefficient (Wildman–Crippen LogP) is 3.33. The third-order valence-electron chi connectivity index (χ3n) is 2.94. The molecule has 2 nitrogen and oxygen atoms in total. The summed E-state index contributed by atoms with van der Waals surface area (Å²) in [6.45, 7) is 1.97. The largest absolute Gasteiger partial charge is 0.495 e. The second-order valence-corrected chi connectivity index (χ2v) is 6.05. The summed E-state index contributed by atoms with van der Waals surface area (Å²) < 4.78 is 5.13. The molecule has 0 aliphatic carbocycles. The van der Waals surface area contributed by atoms with Gasteiger partial charge in [0.1, 0.15) is 5.75 Å². The number of nitrogens with one attached hydrogen (secondary N) is 1. The summed E-state index contributed by atoms with van der Waals surface area (Å²) in [5.74, 6) is 2.06. The molecule has 1 aliphatic heterocycles.